The maximum absolute atomic E-state index is 5.84. The number of morpholine rings is 1. The van der Waals surface area contributed by atoms with E-state index in [2.05, 4.69) is 18.7 Å². The van der Waals surface area contributed by atoms with E-state index in [0.717, 1.165) is 31.1 Å². The molecule has 1 aromatic carbocycles. The predicted molar refractivity (Wildman–Crippen MR) is 84.2 cm³/mol. The molecule has 1 aromatic rings. The molecule has 1 heterocycles. The van der Waals surface area contributed by atoms with Gasteiger partial charge in [0.15, 0.2) is 0 Å². The van der Waals surface area contributed by atoms with Crippen molar-refractivity contribution >= 4 is 0 Å². The Morgan fingerprint density at radius 2 is 1.86 bits per heavy atom. The Hall–Kier alpha value is -1.26. The Bertz CT molecular complexity index is 426. The van der Waals surface area contributed by atoms with E-state index in [-0.39, 0.29) is 6.10 Å². The molecule has 0 radical (unpaired) electrons. The van der Waals surface area contributed by atoms with Crippen molar-refractivity contribution in [1.82, 2.24) is 4.90 Å². The Kier molecular flexibility index (Phi) is 5.88. The second kappa shape index (κ2) is 7.66. The molecule has 0 aliphatic carbocycles. The molecule has 0 aromatic heterocycles. The maximum Gasteiger partial charge on any atom is 0.123 e. The van der Waals surface area contributed by atoms with E-state index in [4.69, 9.17) is 14.2 Å². The van der Waals surface area contributed by atoms with Gasteiger partial charge in [0.05, 0.1) is 18.3 Å². The van der Waals surface area contributed by atoms with Crippen LogP contribution in [0.15, 0.2) is 24.3 Å². The summed E-state index contributed by atoms with van der Waals surface area (Å²) in [6.07, 6.45) is 0.782. The normalized spacial score (nSPS) is 23.3. The van der Waals surface area contributed by atoms with Gasteiger partial charge >= 0.3 is 0 Å². The van der Waals surface area contributed by atoms with Gasteiger partial charge in [0.2, 0.25) is 0 Å². The molecule has 0 amide bonds. The molecule has 118 valence electrons. The Labute approximate surface area is 128 Å². The third-order valence-corrected chi connectivity index (χ3v) is 3.35. The first-order chi connectivity index (χ1) is 10.0. The van der Waals surface area contributed by atoms with Crippen molar-refractivity contribution in [2.45, 2.75) is 46.0 Å². The molecular weight excluding hydrogens is 266 g/mol. The molecule has 21 heavy (non-hydrogen) atoms. The van der Waals surface area contributed by atoms with Gasteiger partial charge in [-0.05, 0) is 39.8 Å². The van der Waals surface area contributed by atoms with Gasteiger partial charge in [-0.2, -0.15) is 0 Å². The average molecular weight is 293 g/mol. The van der Waals surface area contributed by atoms with Crippen molar-refractivity contribution in [3.8, 4) is 11.5 Å². The first kappa shape index (κ1) is 16.1. The van der Waals surface area contributed by atoms with E-state index in [1.54, 1.807) is 0 Å². The molecule has 0 N–H and O–H groups in total. The Morgan fingerprint density at radius 1 is 1.19 bits per heavy atom. The summed E-state index contributed by atoms with van der Waals surface area (Å²) in [5.74, 6) is 1.72. The fraction of sp³-hybridized carbons (Fsp3) is 0.647. The Morgan fingerprint density at radius 3 is 2.52 bits per heavy atom. The number of rotatable bonds is 6. The van der Waals surface area contributed by atoms with Crippen LogP contribution in [-0.2, 0) is 4.74 Å². The summed E-state index contributed by atoms with van der Waals surface area (Å²) in [4.78, 5) is 2.40. The van der Waals surface area contributed by atoms with Crippen LogP contribution in [0.1, 0.15) is 27.7 Å². The van der Waals surface area contributed by atoms with E-state index in [9.17, 15) is 0 Å². The second-order valence-electron chi connectivity index (χ2n) is 6.01. The average Bonchev–Trinajstić information content (AvgIpc) is 2.37. The second-order valence-corrected chi connectivity index (χ2v) is 6.01. The maximum atomic E-state index is 5.84. The van der Waals surface area contributed by atoms with Crippen molar-refractivity contribution in [3.05, 3.63) is 24.3 Å². The van der Waals surface area contributed by atoms with Crippen LogP contribution >= 0.6 is 0 Å². The minimum absolute atomic E-state index is 0.177. The van der Waals surface area contributed by atoms with Gasteiger partial charge in [0.25, 0.3) is 0 Å². The molecule has 2 atom stereocenters. The number of nitrogens with zero attached hydrogens (tertiary/aromatic N) is 1. The van der Waals surface area contributed by atoms with Crippen molar-refractivity contribution in [1.29, 1.82) is 0 Å². The summed E-state index contributed by atoms with van der Waals surface area (Å²) in [6, 6.07) is 7.84. The highest BCUT2D eigenvalue weighted by atomic mass is 16.5. The largest absolute Gasteiger partial charge is 0.492 e. The molecule has 0 bridgehead atoms. The van der Waals surface area contributed by atoms with E-state index >= 15 is 0 Å². The smallest absolute Gasteiger partial charge is 0.123 e. The third kappa shape index (κ3) is 5.56. The van der Waals surface area contributed by atoms with E-state index < -0.39 is 0 Å². The number of benzene rings is 1. The Balaban J connectivity index is 1.78. The minimum Gasteiger partial charge on any atom is -0.492 e. The van der Waals surface area contributed by atoms with Crippen molar-refractivity contribution in [2.75, 3.05) is 26.2 Å². The number of ether oxygens (including phenoxy) is 3. The van der Waals surface area contributed by atoms with Crippen molar-refractivity contribution in [2.24, 2.45) is 0 Å². The SMILES string of the molecule is CC(C)Oc1cccc(OCCN2C[C@@H](C)O[C@H](C)C2)c1. The summed E-state index contributed by atoms with van der Waals surface area (Å²) < 4.78 is 17.2. The third-order valence-electron chi connectivity index (χ3n) is 3.35. The lowest BCUT2D eigenvalue weighted by atomic mass is 10.2. The van der Waals surface area contributed by atoms with Crippen LogP contribution in [0.3, 0.4) is 0 Å². The lowest BCUT2D eigenvalue weighted by Gasteiger charge is -2.35. The summed E-state index contributed by atoms with van der Waals surface area (Å²) in [5, 5.41) is 0. The van der Waals surface area contributed by atoms with Crippen LogP contribution in [0.2, 0.25) is 0 Å². The zero-order valence-electron chi connectivity index (χ0n) is 13.5. The first-order valence-corrected chi connectivity index (χ1v) is 7.80. The first-order valence-electron chi connectivity index (χ1n) is 7.80. The fourth-order valence-corrected chi connectivity index (χ4v) is 2.67. The van der Waals surface area contributed by atoms with Crippen LogP contribution in [0.5, 0.6) is 11.5 Å². The monoisotopic (exact) mass is 293 g/mol. The van der Waals surface area contributed by atoms with Crippen molar-refractivity contribution in [3.63, 3.8) is 0 Å². The van der Waals surface area contributed by atoms with Gasteiger partial charge in [-0.25, -0.2) is 0 Å². The van der Waals surface area contributed by atoms with Crippen LogP contribution < -0.4 is 9.47 Å². The lowest BCUT2D eigenvalue weighted by Crippen LogP contribution is -2.46. The predicted octanol–water partition coefficient (Wildman–Crippen LogP) is 2.96. The van der Waals surface area contributed by atoms with Gasteiger partial charge in [-0.15, -0.1) is 0 Å². The summed E-state index contributed by atoms with van der Waals surface area (Å²) in [6.45, 7) is 11.8. The molecule has 4 nitrogen and oxygen atoms in total. The molecule has 0 saturated carbocycles. The highest BCUT2D eigenvalue weighted by Crippen LogP contribution is 2.20. The standard InChI is InChI=1S/C17H27NO3/c1-13(2)20-17-7-5-6-16(10-17)19-9-8-18-11-14(3)21-15(4)12-18/h5-7,10,13-15H,8-9,11-12H2,1-4H3/t14-,15-/m1/s1. The van der Waals surface area contributed by atoms with Gasteiger partial charge in [0, 0.05) is 25.7 Å². The number of hydrogen-bond acceptors (Lipinski definition) is 4. The summed E-state index contributed by atoms with van der Waals surface area (Å²) in [5.41, 5.74) is 0. The van der Waals surface area contributed by atoms with E-state index in [0.29, 0.717) is 18.8 Å². The van der Waals surface area contributed by atoms with E-state index in [1.165, 1.54) is 0 Å². The van der Waals surface area contributed by atoms with E-state index in [1.807, 2.05) is 38.1 Å². The van der Waals surface area contributed by atoms with Crippen molar-refractivity contribution < 1.29 is 14.2 Å². The van der Waals surface area contributed by atoms with Gasteiger partial charge < -0.3 is 14.2 Å². The van der Waals surface area contributed by atoms with Crippen LogP contribution in [-0.4, -0.2) is 49.5 Å². The molecule has 1 aliphatic rings. The molecule has 0 unspecified atom stereocenters. The van der Waals surface area contributed by atoms with Crippen LogP contribution in [0.4, 0.5) is 0 Å². The number of hydrogen-bond donors (Lipinski definition) is 0. The topological polar surface area (TPSA) is 30.9 Å². The summed E-state index contributed by atoms with van der Waals surface area (Å²) in [7, 11) is 0. The molecule has 1 saturated heterocycles. The highest BCUT2D eigenvalue weighted by Gasteiger charge is 2.21. The quantitative estimate of drug-likeness (QED) is 0.807. The molecule has 1 fully saturated rings. The summed E-state index contributed by atoms with van der Waals surface area (Å²) >= 11 is 0. The lowest BCUT2D eigenvalue weighted by molar-refractivity contribution is -0.0699. The van der Waals surface area contributed by atoms with Gasteiger partial charge in [0.1, 0.15) is 18.1 Å². The minimum atomic E-state index is 0.177. The van der Waals surface area contributed by atoms with Gasteiger partial charge in [-0.3, -0.25) is 4.90 Å². The molecular formula is C17H27NO3. The fourth-order valence-electron chi connectivity index (χ4n) is 2.67. The molecule has 1 aliphatic heterocycles. The van der Waals surface area contributed by atoms with Crippen LogP contribution in [0, 0.1) is 0 Å². The molecule has 2 rings (SSSR count). The zero-order valence-corrected chi connectivity index (χ0v) is 13.5. The zero-order chi connectivity index (χ0) is 15.2. The van der Waals surface area contributed by atoms with Gasteiger partial charge in [-0.1, -0.05) is 6.07 Å². The molecule has 4 heteroatoms. The molecule has 0 spiro atoms. The van der Waals surface area contributed by atoms with Crippen LogP contribution in [0.25, 0.3) is 0 Å². The highest BCUT2D eigenvalue weighted by molar-refractivity contribution is 5.33.